The molecule has 3 aromatic carbocycles. The van der Waals surface area contributed by atoms with Gasteiger partial charge in [0.15, 0.2) is 5.78 Å². The molecule has 38 heavy (non-hydrogen) atoms. The van der Waals surface area contributed by atoms with Crippen LogP contribution in [0, 0.1) is 0 Å². The van der Waals surface area contributed by atoms with E-state index in [0.717, 1.165) is 11.7 Å². The fourth-order valence-electron chi connectivity index (χ4n) is 3.96. The largest absolute Gasteiger partial charge is 0.491 e. The van der Waals surface area contributed by atoms with Crippen LogP contribution in [0.5, 0.6) is 5.75 Å². The first-order valence-electron chi connectivity index (χ1n) is 12.0. The van der Waals surface area contributed by atoms with E-state index < -0.39 is 17.7 Å². The van der Waals surface area contributed by atoms with Gasteiger partial charge >= 0.3 is 11.9 Å². The van der Waals surface area contributed by atoms with E-state index in [1.165, 1.54) is 0 Å². The van der Waals surface area contributed by atoms with Crippen molar-refractivity contribution in [1.29, 1.82) is 0 Å². The number of allylic oxidation sites excluding steroid dienone is 1. The number of benzene rings is 3. The van der Waals surface area contributed by atoms with Crippen LogP contribution in [0.15, 0.2) is 72.3 Å². The monoisotopic (exact) mass is 530 g/mol. The molecule has 1 heterocycles. The summed E-state index contributed by atoms with van der Waals surface area (Å²) in [6.45, 7) is 5.79. The minimum atomic E-state index is -1.24. The number of Topliss-reactive ketones (excluding diaryl/α,β-unsaturated/α-hetero) is 1. The third kappa shape index (κ3) is 6.12. The van der Waals surface area contributed by atoms with Crippen LogP contribution in [-0.2, 0) is 16.0 Å². The van der Waals surface area contributed by atoms with Crippen molar-refractivity contribution in [1.82, 2.24) is 8.75 Å². The highest BCUT2D eigenvalue weighted by Gasteiger charge is 2.24. The molecule has 9 heteroatoms. The maximum absolute atomic E-state index is 13.8. The van der Waals surface area contributed by atoms with Gasteiger partial charge in [-0.25, -0.2) is 9.59 Å². The second-order valence-electron chi connectivity index (χ2n) is 8.74. The van der Waals surface area contributed by atoms with Gasteiger partial charge < -0.3 is 14.6 Å². The molecule has 0 amide bonds. The number of hydrogen-bond donors (Lipinski definition) is 1. The molecule has 0 saturated heterocycles. The Morgan fingerprint density at radius 2 is 1.50 bits per heavy atom. The number of carbonyl (C=O) groups excluding carboxylic acids is 2. The fourth-order valence-corrected chi connectivity index (χ4v) is 4.47. The maximum atomic E-state index is 13.8. The summed E-state index contributed by atoms with van der Waals surface area (Å²) in [4.78, 5) is 38.5. The number of carboxylic acids is 1. The van der Waals surface area contributed by atoms with Crippen molar-refractivity contribution >= 4 is 46.1 Å². The van der Waals surface area contributed by atoms with Crippen molar-refractivity contribution in [3.8, 4) is 5.75 Å². The van der Waals surface area contributed by atoms with E-state index in [4.69, 9.17) is 9.47 Å². The maximum Gasteiger partial charge on any atom is 0.338 e. The molecule has 0 fully saturated rings. The average molecular weight is 531 g/mol. The molecule has 0 aliphatic rings. The van der Waals surface area contributed by atoms with Crippen LogP contribution in [0.2, 0.25) is 0 Å². The van der Waals surface area contributed by atoms with Crippen LogP contribution >= 0.6 is 11.7 Å². The highest BCUT2D eigenvalue weighted by molar-refractivity contribution is 7.00. The lowest BCUT2D eigenvalue weighted by Crippen LogP contribution is -2.14. The summed E-state index contributed by atoms with van der Waals surface area (Å²) in [5.41, 5.74) is 2.88. The molecule has 0 saturated carbocycles. The van der Waals surface area contributed by atoms with E-state index in [9.17, 15) is 19.5 Å². The van der Waals surface area contributed by atoms with Gasteiger partial charge in [0.2, 0.25) is 0 Å². The Morgan fingerprint density at radius 3 is 2.13 bits per heavy atom. The minimum Gasteiger partial charge on any atom is -0.491 e. The van der Waals surface area contributed by atoms with Gasteiger partial charge in [0.05, 0.1) is 35.6 Å². The Bertz CT molecular complexity index is 1500. The van der Waals surface area contributed by atoms with Gasteiger partial charge in [-0.05, 0) is 80.4 Å². The third-order valence-electron chi connectivity index (χ3n) is 5.67. The van der Waals surface area contributed by atoms with Gasteiger partial charge in [-0.3, -0.25) is 4.79 Å². The van der Waals surface area contributed by atoms with Crippen LogP contribution in [0.1, 0.15) is 52.6 Å². The number of rotatable bonds is 10. The summed E-state index contributed by atoms with van der Waals surface area (Å²) < 4.78 is 19.1. The van der Waals surface area contributed by atoms with Crippen molar-refractivity contribution in [2.24, 2.45) is 0 Å². The van der Waals surface area contributed by atoms with Crippen molar-refractivity contribution < 1.29 is 29.0 Å². The molecule has 0 spiro atoms. The lowest BCUT2D eigenvalue weighted by Gasteiger charge is -2.14. The van der Waals surface area contributed by atoms with Crippen LogP contribution < -0.4 is 4.74 Å². The zero-order valence-electron chi connectivity index (χ0n) is 21.1. The summed E-state index contributed by atoms with van der Waals surface area (Å²) in [5.74, 6) is -1.51. The van der Waals surface area contributed by atoms with E-state index in [0.29, 0.717) is 39.0 Å². The second kappa shape index (κ2) is 11.8. The number of esters is 1. The van der Waals surface area contributed by atoms with Gasteiger partial charge in [0, 0.05) is 17.6 Å². The molecule has 0 aliphatic heterocycles. The van der Waals surface area contributed by atoms with Crippen molar-refractivity contribution in [3.05, 3.63) is 94.6 Å². The molecule has 8 nitrogen and oxygen atoms in total. The molecular formula is C29H26N2O6S. The average Bonchev–Trinajstić information content (AvgIpc) is 3.36. The van der Waals surface area contributed by atoms with Gasteiger partial charge in [0.1, 0.15) is 16.8 Å². The molecule has 0 atom stereocenters. The zero-order valence-corrected chi connectivity index (χ0v) is 22.0. The SMILES string of the molecule is CCOC(=O)c1ccc(CC(C(=O)c2ccc(OC(C)C)cc2)=C(C(=O)O)c2ccc3nsnc3c2)cc1. The number of hydrogen-bond acceptors (Lipinski definition) is 8. The number of nitrogens with zero attached hydrogens (tertiary/aromatic N) is 2. The van der Waals surface area contributed by atoms with Crippen LogP contribution in [0.4, 0.5) is 0 Å². The Balaban J connectivity index is 1.79. The third-order valence-corrected chi connectivity index (χ3v) is 6.22. The molecular weight excluding hydrogens is 504 g/mol. The highest BCUT2D eigenvalue weighted by Crippen LogP contribution is 2.28. The van der Waals surface area contributed by atoms with Crippen LogP contribution in [-0.4, -0.2) is 44.3 Å². The lowest BCUT2D eigenvalue weighted by atomic mass is 9.89. The molecule has 0 bridgehead atoms. The first kappa shape index (κ1) is 26.7. The van der Waals surface area contributed by atoms with E-state index in [-0.39, 0.29) is 30.3 Å². The molecule has 4 aromatic rings. The fraction of sp³-hybridized carbons (Fsp3) is 0.207. The summed E-state index contributed by atoms with van der Waals surface area (Å²) in [7, 11) is 0. The molecule has 0 radical (unpaired) electrons. The topological polar surface area (TPSA) is 116 Å². The van der Waals surface area contributed by atoms with E-state index in [1.54, 1.807) is 73.7 Å². The van der Waals surface area contributed by atoms with E-state index in [1.807, 2.05) is 13.8 Å². The lowest BCUT2D eigenvalue weighted by molar-refractivity contribution is -0.130. The number of fused-ring (bicyclic) bond motifs is 1. The Kier molecular flexibility index (Phi) is 8.28. The van der Waals surface area contributed by atoms with Crippen LogP contribution in [0.25, 0.3) is 16.6 Å². The van der Waals surface area contributed by atoms with Crippen molar-refractivity contribution in [2.45, 2.75) is 33.3 Å². The molecule has 194 valence electrons. The number of aromatic nitrogens is 2. The quantitative estimate of drug-likeness (QED) is 0.160. The first-order chi connectivity index (χ1) is 18.3. The van der Waals surface area contributed by atoms with Gasteiger partial charge in [-0.2, -0.15) is 8.75 Å². The Morgan fingerprint density at radius 1 is 0.868 bits per heavy atom. The summed E-state index contributed by atoms with van der Waals surface area (Å²) in [6.07, 6.45) is -0.000393. The molecule has 0 unspecified atom stereocenters. The smallest absolute Gasteiger partial charge is 0.338 e. The van der Waals surface area contributed by atoms with E-state index in [2.05, 4.69) is 8.75 Å². The highest BCUT2D eigenvalue weighted by atomic mass is 32.1. The standard InChI is InChI=1S/C29H26N2O6S/c1-4-36-29(35)20-7-5-18(6-8-20)15-23(27(32)19-9-12-22(13-10-19)37-17(2)3)26(28(33)34)21-11-14-24-25(16-21)31-38-30-24/h5-14,16-17H,4,15H2,1-3H3,(H,33,34). The normalized spacial score (nSPS) is 11.8. The van der Waals surface area contributed by atoms with Crippen molar-refractivity contribution in [3.63, 3.8) is 0 Å². The second-order valence-corrected chi connectivity index (χ2v) is 9.27. The summed E-state index contributed by atoms with van der Waals surface area (Å²) >= 11 is 1.03. The number of ether oxygens (including phenoxy) is 2. The molecule has 0 aliphatic carbocycles. The first-order valence-corrected chi connectivity index (χ1v) is 12.8. The summed E-state index contributed by atoms with van der Waals surface area (Å²) in [5, 5.41) is 10.3. The van der Waals surface area contributed by atoms with Gasteiger partial charge in [-0.1, -0.05) is 18.2 Å². The Hall–Kier alpha value is -4.37. The summed E-state index contributed by atoms with van der Waals surface area (Å²) in [6, 6.07) is 18.1. The number of carboxylic acid groups (broad SMARTS) is 1. The molecule has 1 N–H and O–H groups in total. The number of carbonyl (C=O) groups is 3. The van der Waals surface area contributed by atoms with Gasteiger partial charge in [-0.15, -0.1) is 0 Å². The van der Waals surface area contributed by atoms with Crippen LogP contribution in [0.3, 0.4) is 0 Å². The minimum absolute atomic E-state index is 0.0289. The predicted octanol–water partition coefficient (Wildman–Crippen LogP) is 5.62. The van der Waals surface area contributed by atoms with Gasteiger partial charge in [0.25, 0.3) is 0 Å². The Labute approximate surface area is 223 Å². The van der Waals surface area contributed by atoms with Crippen molar-refractivity contribution in [2.75, 3.05) is 6.61 Å². The number of aliphatic carboxylic acids is 1. The predicted molar refractivity (Wildman–Crippen MR) is 145 cm³/mol. The van der Waals surface area contributed by atoms with E-state index >= 15 is 0 Å². The zero-order chi connectivity index (χ0) is 27.2. The number of ketones is 1. The molecule has 4 rings (SSSR count). The molecule has 1 aromatic heterocycles.